The Morgan fingerprint density at radius 1 is 1.04 bits per heavy atom. The van der Waals surface area contributed by atoms with Crippen LogP contribution < -0.4 is 11.1 Å². The predicted octanol–water partition coefficient (Wildman–Crippen LogP) is 2.63. The fourth-order valence-corrected chi connectivity index (χ4v) is 3.11. The van der Waals surface area contributed by atoms with Gasteiger partial charge in [-0.15, -0.1) is 0 Å². The van der Waals surface area contributed by atoms with Gasteiger partial charge in [-0.25, -0.2) is 0 Å². The van der Waals surface area contributed by atoms with E-state index in [9.17, 15) is 22.9 Å². The second kappa shape index (κ2) is 6.08. The number of carbonyl (C=O) groups is 1. The summed E-state index contributed by atoms with van der Waals surface area (Å²) in [5.74, 6) is -1.11. The minimum atomic E-state index is -4.61. The summed E-state index contributed by atoms with van der Waals surface area (Å²) >= 11 is 0. The first kappa shape index (κ1) is 16.7. The first-order valence-corrected chi connectivity index (χ1v) is 8.60. The lowest BCUT2D eigenvalue weighted by Crippen LogP contribution is -2.12. The zero-order valence-electron chi connectivity index (χ0n) is 12.8. The monoisotopic (exact) mass is 358 g/mol. The minimum Gasteiger partial charge on any atom is -0.506 e. The summed E-state index contributed by atoms with van der Waals surface area (Å²) in [6, 6.07) is 13.6. The number of aromatic hydroxyl groups is 1. The zero-order valence-corrected chi connectivity index (χ0v) is 13.6. The molecule has 0 saturated carbocycles. The first-order chi connectivity index (χ1) is 11.8. The molecule has 0 heterocycles. The molecule has 0 bridgehead atoms. The number of anilines is 2. The summed E-state index contributed by atoms with van der Waals surface area (Å²) in [7, 11) is -4.61. The highest BCUT2D eigenvalue weighted by atomic mass is 32.2. The lowest BCUT2D eigenvalue weighted by molar-refractivity contribution is 0.102. The van der Waals surface area contributed by atoms with Crippen molar-refractivity contribution in [3.63, 3.8) is 0 Å². The molecule has 0 saturated heterocycles. The summed E-state index contributed by atoms with van der Waals surface area (Å²) in [4.78, 5) is 11.8. The van der Waals surface area contributed by atoms with Crippen molar-refractivity contribution in [1.29, 1.82) is 0 Å². The van der Waals surface area contributed by atoms with Crippen molar-refractivity contribution in [2.24, 2.45) is 0 Å². The minimum absolute atomic E-state index is 0.106. The van der Waals surface area contributed by atoms with Crippen LogP contribution in [0.2, 0.25) is 0 Å². The number of nitrogen functional groups attached to an aromatic ring is 1. The van der Waals surface area contributed by atoms with Crippen molar-refractivity contribution >= 4 is 38.2 Å². The molecule has 3 rings (SSSR count). The Morgan fingerprint density at radius 3 is 2.44 bits per heavy atom. The van der Waals surface area contributed by atoms with Gasteiger partial charge in [-0.2, -0.15) is 8.42 Å². The number of hydrogen-bond donors (Lipinski definition) is 4. The molecule has 25 heavy (non-hydrogen) atoms. The van der Waals surface area contributed by atoms with Gasteiger partial charge in [-0.1, -0.05) is 24.3 Å². The third-order valence-corrected chi connectivity index (χ3v) is 4.54. The van der Waals surface area contributed by atoms with E-state index >= 15 is 0 Å². The molecule has 0 unspecified atom stereocenters. The Morgan fingerprint density at radius 2 is 1.76 bits per heavy atom. The molecule has 0 aliphatic heterocycles. The number of nitrogens with one attached hydrogen (secondary N) is 1. The number of nitrogens with two attached hydrogens (primary N) is 1. The number of benzene rings is 3. The number of fused-ring (bicyclic) bond motifs is 1. The van der Waals surface area contributed by atoms with Gasteiger partial charge in [-0.3, -0.25) is 9.35 Å². The molecule has 0 fully saturated rings. The van der Waals surface area contributed by atoms with Gasteiger partial charge in [0, 0.05) is 16.6 Å². The van der Waals surface area contributed by atoms with Crippen LogP contribution in [-0.2, 0) is 10.1 Å². The highest BCUT2D eigenvalue weighted by molar-refractivity contribution is 7.86. The second-order valence-corrected chi connectivity index (χ2v) is 6.76. The van der Waals surface area contributed by atoms with E-state index in [-0.39, 0.29) is 11.1 Å². The second-order valence-electron chi connectivity index (χ2n) is 5.37. The van der Waals surface area contributed by atoms with Crippen molar-refractivity contribution in [2.75, 3.05) is 11.1 Å². The molecule has 0 atom stereocenters. The molecular formula is C17H14N2O5S. The molecule has 3 aromatic carbocycles. The molecule has 8 heteroatoms. The summed E-state index contributed by atoms with van der Waals surface area (Å²) in [5.41, 5.74) is 6.59. The molecule has 0 spiro atoms. The molecular weight excluding hydrogens is 344 g/mol. The summed E-state index contributed by atoms with van der Waals surface area (Å²) < 4.78 is 32.0. The van der Waals surface area contributed by atoms with Crippen LogP contribution in [0.5, 0.6) is 5.75 Å². The lowest BCUT2D eigenvalue weighted by Gasteiger charge is -2.12. The zero-order chi connectivity index (χ0) is 18.2. The Labute approximate surface area is 143 Å². The summed E-state index contributed by atoms with van der Waals surface area (Å²) in [6.45, 7) is 0. The van der Waals surface area contributed by atoms with Gasteiger partial charge in [0.05, 0.1) is 5.69 Å². The highest BCUT2D eigenvalue weighted by Crippen LogP contribution is 2.36. The van der Waals surface area contributed by atoms with E-state index in [1.807, 2.05) is 0 Å². The van der Waals surface area contributed by atoms with Crippen molar-refractivity contribution in [2.45, 2.75) is 4.90 Å². The van der Waals surface area contributed by atoms with E-state index in [2.05, 4.69) is 5.32 Å². The third-order valence-electron chi connectivity index (χ3n) is 3.66. The van der Waals surface area contributed by atoms with Gasteiger partial charge in [0.25, 0.3) is 16.0 Å². The van der Waals surface area contributed by atoms with E-state index in [0.717, 1.165) is 6.07 Å². The SMILES string of the molecule is Nc1cccc(C(=O)Nc2cccc3ccc(S(=O)(=O)O)c(O)c23)c1. The number of rotatable bonds is 3. The van der Waals surface area contributed by atoms with Gasteiger partial charge in [-0.05, 0) is 35.7 Å². The number of amides is 1. The molecule has 0 radical (unpaired) electrons. The fourth-order valence-electron chi connectivity index (χ4n) is 2.53. The molecule has 7 nitrogen and oxygen atoms in total. The summed E-state index contributed by atoms with van der Waals surface area (Å²) in [5, 5.41) is 13.5. The lowest BCUT2D eigenvalue weighted by atomic mass is 10.1. The standard InChI is InChI=1S/C17H14N2O5S/c18-12-5-1-4-11(9-12)17(21)19-13-6-2-3-10-7-8-14(25(22,23)24)16(20)15(10)13/h1-9,20H,18H2,(H,19,21)(H,22,23,24). The van der Waals surface area contributed by atoms with Crippen molar-refractivity contribution in [3.8, 4) is 5.75 Å². The van der Waals surface area contributed by atoms with Crippen molar-refractivity contribution < 1.29 is 22.9 Å². The van der Waals surface area contributed by atoms with Crippen LogP contribution in [0.1, 0.15) is 10.4 Å². The topological polar surface area (TPSA) is 130 Å². The number of phenolic OH excluding ortho intramolecular Hbond substituents is 1. The van der Waals surface area contributed by atoms with Crippen LogP contribution in [0.15, 0.2) is 59.5 Å². The largest absolute Gasteiger partial charge is 0.506 e. The molecule has 0 aliphatic rings. The van der Waals surface area contributed by atoms with Crippen LogP contribution in [0.4, 0.5) is 11.4 Å². The van der Waals surface area contributed by atoms with Gasteiger partial charge in [0.2, 0.25) is 0 Å². The van der Waals surface area contributed by atoms with Gasteiger partial charge < -0.3 is 16.2 Å². The van der Waals surface area contributed by atoms with E-state index < -0.39 is 26.7 Å². The van der Waals surface area contributed by atoms with Gasteiger partial charge in [0.1, 0.15) is 10.6 Å². The number of hydrogen-bond acceptors (Lipinski definition) is 5. The fraction of sp³-hybridized carbons (Fsp3) is 0. The Hall–Kier alpha value is -3.10. The maximum absolute atomic E-state index is 12.4. The van der Waals surface area contributed by atoms with Crippen LogP contribution in [-0.4, -0.2) is 24.0 Å². The van der Waals surface area contributed by atoms with Crippen LogP contribution in [0, 0.1) is 0 Å². The highest BCUT2D eigenvalue weighted by Gasteiger charge is 2.20. The average molecular weight is 358 g/mol. The number of carbonyl (C=O) groups excluding carboxylic acids is 1. The van der Waals surface area contributed by atoms with E-state index in [1.54, 1.807) is 30.3 Å². The average Bonchev–Trinajstić information content (AvgIpc) is 2.54. The predicted molar refractivity (Wildman–Crippen MR) is 94.2 cm³/mol. The quantitative estimate of drug-likeness (QED) is 0.421. The van der Waals surface area contributed by atoms with E-state index in [0.29, 0.717) is 16.6 Å². The molecule has 0 aliphatic carbocycles. The Bertz CT molecular complexity index is 1090. The van der Waals surface area contributed by atoms with Crippen LogP contribution in [0.3, 0.4) is 0 Å². The molecule has 0 aromatic heterocycles. The van der Waals surface area contributed by atoms with E-state index in [1.165, 1.54) is 18.2 Å². The molecule has 1 amide bonds. The number of phenols is 1. The first-order valence-electron chi connectivity index (χ1n) is 7.16. The molecule has 128 valence electrons. The van der Waals surface area contributed by atoms with Crippen LogP contribution in [0.25, 0.3) is 10.8 Å². The van der Waals surface area contributed by atoms with Gasteiger partial charge >= 0.3 is 0 Å². The molecule has 5 N–H and O–H groups in total. The normalized spacial score (nSPS) is 11.4. The van der Waals surface area contributed by atoms with Crippen molar-refractivity contribution in [3.05, 3.63) is 60.2 Å². The Kier molecular flexibility index (Phi) is 4.07. The maximum Gasteiger partial charge on any atom is 0.298 e. The molecule has 3 aromatic rings. The van der Waals surface area contributed by atoms with Crippen molar-refractivity contribution in [1.82, 2.24) is 0 Å². The third kappa shape index (κ3) is 3.25. The van der Waals surface area contributed by atoms with Crippen LogP contribution >= 0.6 is 0 Å². The smallest absolute Gasteiger partial charge is 0.298 e. The van der Waals surface area contributed by atoms with Gasteiger partial charge in [0.15, 0.2) is 0 Å². The van der Waals surface area contributed by atoms with E-state index in [4.69, 9.17) is 5.73 Å². The Balaban J connectivity index is 2.12. The maximum atomic E-state index is 12.4. The summed E-state index contributed by atoms with van der Waals surface area (Å²) in [6.07, 6.45) is 0.